The molecule has 1 aromatic carbocycles. The number of benzene rings is 1. The lowest BCUT2D eigenvalue weighted by Gasteiger charge is -2.39. The van der Waals surface area contributed by atoms with Gasteiger partial charge in [0, 0.05) is 44.8 Å². The van der Waals surface area contributed by atoms with Crippen LogP contribution in [0.15, 0.2) is 30.3 Å². The highest BCUT2D eigenvalue weighted by Gasteiger charge is 2.29. The number of urea groups is 1. The van der Waals surface area contributed by atoms with Crippen LogP contribution in [-0.4, -0.2) is 72.6 Å². The predicted molar refractivity (Wildman–Crippen MR) is 106 cm³/mol. The molecule has 2 heterocycles. The van der Waals surface area contributed by atoms with Gasteiger partial charge in [0.1, 0.15) is 0 Å². The monoisotopic (exact) mass is 358 g/mol. The molecule has 0 aromatic heterocycles. The van der Waals surface area contributed by atoms with E-state index in [1.54, 1.807) is 0 Å². The molecule has 1 aromatic rings. The van der Waals surface area contributed by atoms with Gasteiger partial charge in [0.05, 0.1) is 0 Å². The Kier molecular flexibility index (Phi) is 6.54. The maximum Gasteiger partial charge on any atom is 0.317 e. The van der Waals surface area contributed by atoms with Crippen LogP contribution in [0.5, 0.6) is 0 Å². The first-order valence-corrected chi connectivity index (χ1v) is 10.0. The highest BCUT2D eigenvalue weighted by Crippen LogP contribution is 2.21. The molecule has 144 valence electrons. The zero-order valence-corrected chi connectivity index (χ0v) is 16.5. The van der Waals surface area contributed by atoms with Gasteiger partial charge in [0.15, 0.2) is 0 Å². The van der Waals surface area contributed by atoms with Crippen molar-refractivity contribution in [1.82, 2.24) is 20.0 Å². The van der Waals surface area contributed by atoms with Crippen molar-refractivity contribution >= 4 is 6.03 Å². The number of likely N-dealkylation sites (tertiary alicyclic amines) is 2. The fraction of sp³-hybridized carbons (Fsp3) is 0.667. The summed E-state index contributed by atoms with van der Waals surface area (Å²) < 4.78 is 0. The number of nitrogens with one attached hydrogen (secondary N) is 1. The molecule has 2 fully saturated rings. The van der Waals surface area contributed by atoms with Crippen LogP contribution in [0, 0.1) is 0 Å². The lowest BCUT2D eigenvalue weighted by Crippen LogP contribution is -2.52. The van der Waals surface area contributed by atoms with Crippen molar-refractivity contribution in [2.75, 3.05) is 33.7 Å². The zero-order chi connectivity index (χ0) is 18.5. The fourth-order valence-electron chi connectivity index (χ4n) is 4.26. The molecule has 2 saturated heterocycles. The number of carbonyl (C=O) groups is 1. The Hall–Kier alpha value is -1.59. The molecule has 0 aliphatic carbocycles. The number of piperidine rings is 1. The highest BCUT2D eigenvalue weighted by molar-refractivity contribution is 5.74. The van der Waals surface area contributed by atoms with E-state index in [2.05, 4.69) is 59.4 Å². The summed E-state index contributed by atoms with van der Waals surface area (Å²) in [5, 5.41) is 3.20. The second kappa shape index (κ2) is 8.87. The van der Waals surface area contributed by atoms with Gasteiger partial charge < -0.3 is 15.1 Å². The number of amides is 2. The molecule has 26 heavy (non-hydrogen) atoms. The van der Waals surface area contributed by atoms with Crippen molar-refractivity contribution in [3.05, 3.63) is 35.9 Å². The van der Waals surface area contributed by atoms with Gasteiger partial charge in [-0.25, -0.2) is 4.79 Å². The largest absolute Gasteiger partial charge is 0.336 e. The third kappa shape index (κ3) is 4.77. The van der Waals surface area contributed by atoms with E-state index in [9.17, 15) is 4.79 Å². The lowest BCUT2D eigenvalue weighted by molar-refractivity contribution is 0.114. The molecule has 2 aliphatic heterocycles. The maximum atomic E-state index is 12.6. The summed E-state index contributed by atoms with van der Waals surface area (Å²) in [6, 6.07) is 12.0. The number of carbonyl (C=O) groups excluding carboxylic acids is 1. The van der Waals surface area contributed by atoms with Crippen LogP contribution in [0.2, 0.25) is 0 Å². The molecule has 5 heteroatoms. The van der Waals surface area contributed by atoms with E-state index in [0.717, 1.165) is 39.0 Å². The van der Waals surface area contributed by atoms with E-state index in [-0.39, 0.29) is 6.03 Å². The van der Waals surface area contributed by atoms with Crippen molar-refractivity contribution in [1.29, 1.82) is 0 Å². The summed E-state index contributed by atoms with van der Waals surface area (Å²) in [6.45, 7) is 6.16. The minimum absolute atomic E-state index is 0.0818. The predicted octanol–water partition coefficient (Wildman–Crippen LogP) is 2.78. The second-order valence-corrected chi connectivity index (χ2v) is 8.06. The van der Waals surface area contributed by atoms with Gasteiger partial charge in [-0.3, -0.25) is 4.90 Å². The van der Waals surface area contributed by atoms with Crippen molar-refractivity contribution in [2.45, 2.75) is 57.3 Å². The third-order valence-corrected chi connectivity index (χ3v) is 6.27. The minimum Gasteiger partial charge on any atom is -0.336 e. The molecule has 1 N–H and O–H groups in total. The van der Waals surface area contributed by atoms with Crippen LogP contribution in [0.1, 0.15) is 38.2 Å². The summed E-state index contributed by atoms with van der Waals surface area (Å²) >= 11 is 0. The Morgan fingerprint density at radius 1 is 1.23 bits per heavy atom. The maximum absolute atomic E-state index is 12.6. The molecular formula is C21H34N4O. The van der Waals surface area contributed by atoms with Gasteiger partial charge in [-0.2, -0.15) is 0 Å². The molecular weight excluding hydrogens is 324 g/mol. The summed E-state index contributed by atoms with van der Waals surface area (Å²) in [7, 11) is 4.12. The van der Waals surface area contributed by atoms with Crippen LogP contribution in [-0.2, 0) is 6.54 Å². The second-order valence-electron chi connectivity index (χ2n) is 8.06. The first-order chi connectivity index (χ1) is 12.5. The first kappa shape index (κ1) is 19.2. The number of hydrogen-bond acceptors (Lipinski definition) is 3. The Bertz CT molecular complexity index is 579. The quantitative estimate of drug-likeness (QED) is 0.880. The molecule has 3 atom stereocenters. The topological polar surface area (TPSA) is 38.8 Å². The Balaban J connectivity index is 1.47. The summed E-state index contributed by atoms with van der Waals surface area (Å²) in [6.07, 6.45) is 4.51. The van der Waals surface area contributed by atoms with Crippen LogP contribution in [0.3, 0.4) is 0 Å². The van der Waals surface area contributed by atoms with E-state index in [1.807, 2.05) is 11.9 Å². The molecule has 2 aliphatic rings. The molecule has 5 nitrogen and oxygen atoms in total. The van der Waals surface area contributed by atoms with Gasteiger partial charge in [0.2, 0.25) is 0 Å². The van der Waals surface area contributed by atoms with Crippen LogP contribution in [0.4, 0.5) is 4.79 Å². The smallest absolute Gasteiger partial charge is 0.317 e. The first-order valence-electron chi connectivity index (χ1n) is 10.0. The van der Waals surface area contributed by atoms with Gasteiger partial charge in [-0.1, -0.05) is 30.3 Å². The zero-order valence-electron chi connectivity index (χ0n) is 16.5. The van der Waals surface area contributed by atoms with Crippen molar-refractivity contribution in [3.63, 3.8) is 0 Å². The van der Waals surface area contributed by atoms with Crippen molar-refractivity contribution in [3.8, 4) is 0 Å². The fourth-order valence-corrected chi connectivity index (χ4v) is 4.26. The molecule has 0 spiro atoms. The van der Waals surface area contributed by atoms with E-state index in [4.69, 9.17) is 0 Å². The number of hydrogen-bond donors (Lipinski definition) is 1. The van der Waals surface area contributed by atoms with Crippen molar-refractivity contribution in [2.24, 2.45) is 0 Å². The molecule has 3 rings (SSSR count). The average Bonchev–Trinajstić information content (AvgIpc) is 3.09. The van der Waals surface area contributed by atoms with Crippen LogP contribution in [0.25, 0.3) is 0 Å². The summed E-state index contributed by atoms with van der Waals surface area (Å²) in [4.78, 5) is 19.4. The van der Waals surface area contributed by atoms with Crippen molar-refractivity contribution < 1.29 is 4.79 Å². The highest BCUT2D eigenvalue weighted by atomic mass is 16.2. The molecule has 0 radical (unpaired) electrons. The Morgan fingerprint density at radius 2 is 2.00 bits per heavy atom. The number of rotatable bonds is 5. The lowest BCUT2D eigenvalue weighted by atomic mass is 9.98. The van der Waals surface area contributed by atoms with E-state index < -0.39 is 0 Å². The van der Waals surface area contributed by atoms with Crippen LogP contribution >= 0.6 is 0 Å². The minimum atomic E-state index is 0.0818. The van der Waals surface area contributed by atoms with Gasteiger partial charge >= 0.3 is 6.03 Å². The van der Waals surface area contributed by atoms with Gasteiger partial charge in [-0.05, 0) is 51.8 Å². The molecule has 0 saturated carbocycles. The Labute approximate surface area is 158 Å². The molecule has 0 bridgehead atoms. The molecule has 3 unspecified atom stereocenters. The summed E-state index contributed by atoms with van der Waals surface area (Å²) in [5.41, 5.74) is 1.35. The molecule has 2 amide bonds. The van der Waals surface area contributed by atoms with E-state index >= 15 is 0 Å². The van der Waals surface area contributed by atoms with Gasteiger partial charge in [-0.15, -0.1) is 0 Å². The van der Waals surface area contributed by atoms with E-state index in [0.29, 0.717) is 18.1 Å². The van der Waals surface area contributed by atoms with E-state index in [1.165, 1.54) is 18.4 Å². The Morgan fingerprint density at radius 3 is 2.73 bits per heavy atom. The summed E-state index contributed by atoms with van der Waals surface area (Å²) in [5.74, 6) is 0. The van der Waals surface area contributed by atoms with Crippen LogP contribution < -0.4 is 5.32 Å². The standard InChI is InChI=1S/C21H34N4O/c1-17-14-19(11-13-23(17)2)24(3)21(26)22-15-20-10-7-12-25(20)16-18-8-5-4-6-9-18/h4-6,8-9,17,19-20H,7,10-16H2,1-3H3,(H,22,26). The number of nitrogens with zero attached hydrogens (tertiary/aromatic N) is 3. The third-order valence-electron chi connectivity index (χ3n) is 6.27. The normalized spacial score (nSPS) is 27.4. The average molecular weight is 359 g/mol. The van der Waals surface area contributed by atoms with Gasteiger partial charge in [0.25, 0.3) is 0 Å². The SMILES string of the molecule is CC1CC(N(C)C(=O)NCC2CCCN2Cc2ccccc2)CCN1C.